The molecule has 0 saturated heterocycles. The molecular weight excluding hydrogens is 337 g/mol. The van der Waals surface area contributed by atoms with Crippen molar-refractivity contribution in [1.82, 2.24) is 4.90 Å². The van der Waals surface area contributed by atoms with Crippen LogP contribution in [0.5, 0.6) is 0 Å². The predicted octanol–water partition coefficient (Wildman–Crippen LogP) is 4.70. The van der Waals surface area contributed by atoms with E-state index >= 15 is 0 Å². The quantitative estimate of drug-likeness (QED) is 0.738. The number of halogens is 4. The van der Waals surface area contributed by atoms with Crippen molar-refractivity contribution in [1.29, 1.82) is 0 Å². The molecule has 0 aromatic heterocycles. The Hall–Kier alpha value is -1.72. The first-order valence-corrected chi connectivity index (χ1v) is 7.47. The van der Waals surface area contributed by atoms with Crippen LogP contribution in [-0.4, -0.2) is 32.1 Å². The van der Waals surface area contributed by atoms with E-state index in [1.807, 2.05) is 44.4 Å². The molecule has 0 fully saturated rings. The SMILES string of the molecule is CN(C)CCN(Cc1ccccc1)c1ccc(C(F)(F)F)cc1.Cl. The molecule has 0 bridgehead atoms. The fourth-order valence-electron chi connectivity index (χ4n) is 2.29. The van der Waals surface area contributed by atoms with Gasteiger partial charge < -0.3 is 9.80 Å². The van der Waals surface area contributed by atoms with Crippen LogP contribution in [0.15, 0.2) is 54.6 Å². The normalized spacial score (nSPS) is 11.2. The fraction of sp³-hybridized carbons (Fsp3) is 0.333. The van der Waals surface area contributed by atoms with Crippen molar-refractivity contribution in [2.45, 2.75) is 12.7 Å². The van der Waals surface area contributed by atoms with Gasteiger partial charge in [-0.05, 0) is 43.9 Å². The van der Waals surface area contributed by atoms with E-state index in [9.17, 15) is 13.2 Å². The lowest BCUT2D eigenvalue weighted by atomic mass is 10.1. The van der Waals surface area contributed by atoms with Crippen LogP contribution >= 0.6 is 12.4 Å². The van der Waals surface area contributed by atoms with Gasteiger partial charge in [-0.25, -0.2) is 0 Å². The molecule has 0 aliphatic carbocycles. The van der Waals surface area contributed by atoms with Gasteiger partial charge in [-0.2, -0.15) is 13.2 Å². The van der Waals surface area contributed by atoms with E-state index < -0.39 is 11.7 Å². The largest absolute Gasteiger partial charge is 0.416 e. The molecule has 2 rings (SSSR count). The molecule has 0 aliphatic heterocycles. The molecule has 0 atom stereocenters. The van der Waals surface area contributed by atoms with E-state index in [0.717, 1.165) is 36.5 Å². The highest BCUT2D eigenvalue weighted by Gasteiger charge is 2.30. The maximum absolute atomic E-state index is 12.7. The number of anilines is 1. The molecule has 0 heterocycles. The van der Waals surface area contributed by atoms with Gasteiger partial charge in [0.1, 0.15) is 0 Å². The topological polar surface area (TPSA) is 6.48 Å². The molecule has 0 radical (unpaired) electrons. The summed E-state index contributed by atoms with van der Waals surface area (Å²) in [6, 6.07) is 15.3. The Morgan fingerprint density at radius 3 is 1.92 bits per heavy atom. The number of hydrogen-bond donors (Lipinski definition) is 0. The summed E-state index contributed by atoms with van der Waals surface area (Å²) in [5, 5.41) is 0. The van der Waals surface area contributed by atoms with Gasteiger partial charge in [0.15, 0.2) is 0 Å². The third-order valence-corrected chi connectivity index (χ3v) is 3.59. The van der Waals surface area contributed by atoms with E-state index in [4.69, 9.17) is 0 Å². The first-order valence-electron chi connectivity index (χ1n) is 7.47. The number of alkyl halides is 3. The van der Waals surface area contributed by atoms with Gasteiger partial charge in [0.2, 0.25) is 0 Å². The average molecular weight is 359 g/mol. The Kier molecular flexibility index (Phi) is 7.58. The molecule has 2 aromatic carbocycles. The molecule has 0 amide bonds. The van der Waals surface area contributed by atoms with Crippen LogP contribution in [0.25, 0.3) is 0 Å². The van der Waals surface area contributed by atoms with Crippen molar-refractivity contribution in [3.05, 3.63) is 65.7 Å². The lowest BCUT2D eigenvalue weighted by Gasteiger charge is -2.27. The second-order valence-corrected chi connectivity index (χ2v) is 5.76. The number of hydrogen-bond acceptors (Lipinski definition) is 2. The first kappa shape index (κ1) is 20.3. The van der Waals surface area contributed by atoms with Gasteiger partial charge >= 0.3 is 6.18 Å². The fourth-order valence-corrected chi connectivity index (χ4v) is 2.29. The maximum Gasteiger partial charge on any atom is 0.416 e. The van der Waals surface area contributed by atoms with Crippen LogP contribution in [-0.2, 0) is 12.7 Å². The average Bonchev–Trinajstić information content (AvgIpc) is 2.51. The Morgan fingerprint density at radius 1 is 0.833 bits per heavy atom. The zero-order chi connectivity index (χ0) is 16.9. The Bertz CT molecular complexity index is 598. The molecule has 2 nitrogen and oxygen atoms in total. The van der Waals surface area contributed by atoms with Crippen LogP contribution in [0.1, 0.15) is 11.1 Å². The summed E-state index contributed by atoms with van der Waals surface area (Å²) in [5.74, 6) is 0. The minimum absolute atomic E-state index is 0. The predicted molar refractivity (Wildman–Crippen MR) is 94.7 cm³/mol. The maximum atomic E-state index is 12.7. The van der Waals surface area contributed by atoms with Gasteiger partial charge in [-0.3, -0.25) is 0 Å². The molecule has 0 N–H and O–H groups in total. The Balaban J connectivity index is 0.00000288. The minimum atomic E-state index is -4.30. The molecule has 2 aromatic rings. The summed E-state index contributed by atoms with van der Waals surface area (Å²) in [7, 11) is 3.96. The number of likely N-dealkylation sites (N-methyl/N-ethyl adjacent to an activating group) is 1. The summed E-state index contributed by atoms with van der Waals surface area (Å²) in [6.07, 6.45) is -4.30. The van der Waals surface area contributed by atoms with Crippen LogP contribution in [0.3, 0.4) is 0 Å². The molecule has 132 valence electrons. The minimum Gasteiger partial charge on any atom is -0.366 e. The van der Waals surface area contributed by atoms with Crippen LogP contribution < -0.4 is 4.90 Å². The van der Waals surface area contributed by atoms with Crippen molar-refractivity contribution in [3.63, 3.8) is 0 Å². The Morgan fingerprint density at radius 2 is 1.42 bits per heavy atom. The van der Waals surface area contributed by atoms with Crippen LogP contribution in [0, 0.1) is 0 Å². The second kappa shape index (κ2) is 8.94. The number of benzene rings is 2. The van der Waals surface area contributed by atoms with E-state index in [1.165, 1.54) is 0 Å². The molecule has 0 aliphatic rings. The van der Waals surface area contributed by atoms with Crippen LogP contribution in [0.2, 0.25) is 0 Å². The highest BCUT2D eigenvalue weighted by Crippen LogP contribution is 2.30. The monoisotopic (exact) mass is 358 g/mol. The molecule has 0 saturated carbocycles. The van der Waals surface area contributed by atoms with Crippen molar-refractivity contribution in [2.75, 3.05) is 32.1 Å². The summed E-state index contributed by atoms with van der Waals surface area (Å²) in [4.78, 5) is 4.15. The van der Waals surface area contributed by atoms with E-state index in [0.29, 0.717) is 6.54 Å². The zero-order valence-corrected chi connectivity index (χ0v) is 14.6. The zero-order valence-electron chi connectivity index (χ0n) is 13.8. The third-order valence-electron chi connectivity index (χ3n) is 3.59. The summed E-state index contributed by atoms with van der Waals surface area (Å²) in [6.45, 7) is 2.24. The van der Waals surface area contributed by atoms with Crippen LogP contribution in [0.4, 0.5) is 18.9 Å². The smallest absolute Gasteiger partial charge is 0.366 e. The standard InChI is InChI=1S/C18H21F3N2.ClH/c1-22(2)12-13-23(14-15-6-4-3-5-7-15)17-10-8-16(9-11-17)18(19,20)21;/h3-11H,12-14H2,1-2H3;1H. The van der Waals surface area contributed by atoms with Crippen molar-refractivity contribution < 1.29 is 13.2 Å². The molecule has 6 heteroatoms. The summed E-state index contributed by atoms with van der Waals surface area (Å²) < 4.78 is 38.1. The summed E-state index contributed by atoms with van der Waals surface area (Å²) >= 11 is 0. The third kappa shape index (κ3) is 6.06. The molecular formula is C18H22ClF3N2. The molecule has 0 spiro atoms. The first-order chi connectivity index (χ1) is 10.9. The van der Waals surface area contributed by atoms with E-state index in [-0.39, 0.29) is 12.4 Å². The second-order valence-electron chi connectivity index (χ2n) is 5.76. The highest BCUT2D eigenvalue weighted by molar-refractivity contribution is 5.85. The number of rotatable bonds is 6. The van der Waals surface area contributed by atoms with E-state index in [1.54, 1.807) is 12.1 Å². The number of nitrogens with zero attached hydrogens (tertiary/aromatic N) is 2. The van der Waals surface area contributed by atoms with Gasteiger partial charge in [-0.1, -0.05) is 30.3 Å². The highest BCUT2D eigenvalue weighted by atomic mass is 35.5. The lowest BCUT2D eigenvalue weighted by Crippen LogP contribution is -2.31. The van der Waals surface area contributed by atoms with Gasteiger partial charge in [-0.15, -0.1) is 12.4 Å². The van der Waals surface area contributed by atoms with Crippen molar-refractivity contribution in [2.24, 2.45) is 0 Å². The van der Waals surface area contributed by atoms with Gasteiger partial charge in [0.05, 0.1) is 5.56 Å². The van der Waals surface area contributed by atoms with E-state index in [2.05, 4.69) is 9.80 Å². The molecule has 0 unspecified atom stereocenters. The van der Waals surface area contributed by atoms with Gasteiger partial charge in [0, 0.05) is 25.3 Å². The lowest BCUT2D eigenvalue weighted by molar-refractivity contribution is -0.137. The van der Waals surface area contributed by atoms with Gasteiger partial charge in [0.25, 0.3) is 0 Å². The summed E-state index contributed by atoms with van der Waals surface area (Å²) in [5.41, 5.74) is 1.31. The molecule has 24 heavy (non-hydrogen) atoms. The van der Waals surface area contributed by atoms with Crippen molar-refractivity contribution in [3.8, 4) is 0 Å². The Labute approximate surface area is 147 Å². The van der Waals surface area contributed by atoms with Crippen molar-refractivity contribution >= 4 is 18.1 Å².